The number of carbonyl (C=O) groups is 4. The molecule has 2 aliphatic heterocycles. The van der Waals surface area contributed by atoms with Crippen molar-refractivity contribution in [2.24, 2.45) is 0 Å². The van der Waals surface area contributed by atoms with E-state index in [0.29, 0.717) is 16.9 Å². The topological polar surface area (TPSA) is 99.2 Å². The summed E-state index contributed by atoms with van der Waals surface area (Å²) in [6.07, 6.45) is 1.76. The molecule has 0 unspecified atom stereocenters. The van der Waals surface area contributed by atoms with Gasteiger partial charge in [0.2, 0.25) is 0 Å². The first-order chi connectivity index (χ1) is 12.5. The van der Waals surface area contributed by atoms with Gasteiger partial charge in [-0.15, -0.1) is 0 Å². The summed E-state index contributed by atoms with van der Waals surface area (Å²) in [4.78, 5) is 49.4. The zero-order chi connectivity index (χ0) is 18.8. The van der Waals surface area contributed by atoms with Crippen LogP contribution < -0.4 is 0 Å². The molecular formula is C18H15NO7. The van der Waals surface area contributed by atoms with Crippen molar-refractivity contribution in [1.29, 1.82) is 0 Å². The van der Waals surface area contributed by atoms with E-state index in [1.54, 1.807) is 19.1 Å². The van der Waals surface area contributed by atoms with Gasteiger partial charge in [-0.3, -0.25) is 9.59 Å². The molecule has 0 bridgehead atoms. The number of rotatable bonds is 5. The van der Waals surface area contributed by atoms with Gasteiger partial charge in [0.1, 0.15) is 6.26 Å². The van der Waals surface area contributed by atoms with Gasteiger partial charge in [0.25, 0.3) is 18.1 Å². The summed E-state index contributed by atoms with van der Waals surface area (Å²) in [6, 6.07) is 6.20. The number of cyclic esters (lactones) is 1. The van der Waals surface area contributed by atoms with Crippen LogP contribution >= 0.6 is 0 Å². The highest BCUT2D eigenvalue weighted by atomic mass is 16.7. The molecule has 0 N–H and O–H groups in total. The number of imide groups is 1. The zero-order valence-electron chi connectivity index (χ0n) is 14.1. The fourth-order valence-corrected chi connectivity index (χ4v) is 2.61. The molecule has 0 saturated carbocycles. The summed E-state index contributed by atoms with van der Waals surface area (Å²) in [6.45, 7) is 1.78. The van der Waals surface area contributed by atoms with Gasteiger partial charge >= 0.3 is 11.9 Å². The summed E-state index contributed by atoms with van der Waals surface area (Å²) >= 11 is 0. The van der Waals surface area contributed by atoms with Crippen LogP contribution in [0.2, 0.25) is 0 Å². The molecule has 0 aromatic heterocycles. The van der Waals surface area contributed by atoms with Gasteiger partial charge in [-0.2, -0.15) is 0 Å². The van der Waals surface area contributed by atoms with Crippen LogP contribution in [0.1, 0.15) is 34.1 Å². The number of carbonyl (C=O) groups excluding carboxylic acids is 4. The van der Waals surface area contributed by atoms with E-state index in [-0.39, 0.29) is 11.1 Å². The Labute approximate surface area is 148 Å². The van der Waals surface area contributed by atoms with E-state index in [0.717, 1.165) is 13.4 Å². The van der Waals surface area contributed by atoms with Crippen molar-refractivity contribution >= 4 is 23.8 Å². The monoisotopic (exact) mass is 357 g/mol. The Kier molecular flexibility index (Phi) is 4.57. The largest absolute Gasteiger partial charge is 0.464 e. The van der Waals surface area contributed by atoms with Gasteiger partial charge in [-0.05, 0) is 18.6 Å². The molecule has 0 radical (unpaired) electrons. The number of hydrogen-bond acceptors (Lipinski definition) is 7. The second kappa shape index (κ2) is 6.83. The SMILES string of the molecule is CCC1=C[C@H](O/C=C(/C(=O)OC)N2C(=O)c3ccccc3C2=O)OC1=O. The highest BCUT2D eigenvalue weighted by Crippen LogP contribution is 2.27. The standard InChI is InChI=1S/C18H15NO7/c1-3-10-8-14(26-17(10)22)25-9-13(18(23)24-2)19-15(20)11-6-4-5-7-12(11)16(19)21/h4-9,14H,3H2,1-2H3/b13-9-/t14-/m1/s1. The quantitative estimate of drug-likeness (QED) is 0.341. The lowest BCUT2D eigenvalue weighted by molar-refractivity contribution is -0.152. The second-order valence-electron chi connectivity index (χ2n) is 5.44. The Hall–Kier alpha value is -3.42. The van der Waals surface area contributed by atoms with E-state index in [4.69, 9.17) is 9.47 Å². The molecule has 0 aliphatic carbocycles. The Morgan fingerprint density at radius 2 is 1.81 bits per heavy atom. The molecule has 0 spiro atoms. The van der Waals surface area contributed by atoms with E-state index < -0.39 is 35.7 Å². The third-order valence-corrected chi connectivity index (χ3v) is 3.95. The van der Waals surface area contributed by atoms with E-state index in [1.807, 2.05) is 0 Å². The summed E-state index contributed by atoms with van der Waals surface area (Å²) in [7, 11) is 1.11. The van der Waals surface area contributed by atoms with Crippen LogP contribution in [0.5, 0.6) is 0 Å². The number of methoxy groups -OCH3 is 1. The first kappa shape index (κ1) is 17.4. The van der Waals surface area contributed by atoms with Crippen molar-refractivity contribution in [3.05, 3.63) is 59.0 Å². The van der Waals surface area contributed by atoms with Crippen LogP contribution in [0, 0.1) is 0 Å². The van der Waals surface area contributed by atoms with Gasteiger partial charge < -0.3 is 14.2 Å². The number of amides is 2. The average molecular weight is 357 g/mol. The molecule has 0 saturated heterocycles. The third-order valence-electron chi connectivity index (χ3n) is 3.95. The average Bonchev–Trinajstić information content (AvgIpc) is 3.14. The van der Waals surface area contributed by atoms with Crippen molar-refractivity contribution in [2.75, 3.05) is 7.11 Å². The molecule has 2 heterocycles. The fourth-order valence-electron chi connectivity index (χ4n) is 2.61. The minimum atomic E-state index is -1.05. The van der Waals surface area contributed by atoms with Crippen LogP contribution in [0.25, 0.3) is 0 Å². The lowest BCUT2D eigenvalue weighted by Crippen LogP contribution is -2.34. The molecule has 3 rings (SSSR count). The van der Waals surface area contributed by atoms with Crippen molar-refractivity contribution in [3.8, 4) is 0 Å². The number of nitrogens with zero attached hydrogens (tertiary/aromatic N) is 1. The lowest BCUT2D eigenvalue weighted by atomic mass is 10.1. The van der Waals surface area contributed by atoms with Gasteiger partial charge in [0, 0.05) is 11.6 Å². The molecule has 1 aromatic rings. The maximum Gasteiger partial charge on any atom is 0.358 e. The molecule has 1 aromatic carbocycles. The molecule has 2 aliphatic rings. The predicted molar refractivity (Wildman–Crippen MR) is 86.4 cm³/mol. The van der Waals surface area contributed by atoms with Gasteiger partial charge in [0.05, 0.1) is 18.2 Å². The maximum absolute atomic E-state index is 12.5. The molecular weight excluding hydrogens is 342 g/mol. The van der Waals surface area contributed by atoms with E-state index in [2.05, 4.69) is 4.74 Å². The summed E-state index contributed by atoms with van der Waals surface area (Å²) in [5.41, 5.74) is 0.373. The third kappa shape index (κ3) is 2.85. The maximum atomic E-state index is 12.5. The Morgan fingerprint density at radius 3 is 2.31 bits per heavy atom. The van der Waals surface area contributed by atoms with Crippen LogP contribution in [0.4, 0.5) is 0 Å². The summed E-state index contributed by atoms with van der Waals surface area (Å²) in [5.74, 6) is -2.80. The fraction of sp³-hybridized carbons (Fsp3) is 0.222. The highest BCUT2D eigenvalue weighted by molar-refractivity contribution is 6.24. The van der Waals surface area contributed by atoms with E-state index in [1.165, 1.54) is 18.2 Å². The number of esters is 2. The molecule has 8 heteroatoms. The summed E-state index contributed by atoms with van der Waals surface area (Å²) in [5, 5.41) is 0. The first-order valence-corrected chi connectivity index (χ1v) is 7.81. The minimum absolute atomic E-state index is 0.174. The van der Waals surface area contributed by atoms with Crippen LogP contribution in [-0.4, -0.2) is 42.1 Å². The van der Waals surface area contributed by atoms with E-state index in [9.17, 15) is 19.2 Å². The van der Waals surface area contributed by atoms with Gasteiger partial charge in [-0.1, -0.05) is 19.1 Å². The van der Waals surface area contributed by atoms with Crippen molar-refractivity contribution in [3.63, 3.8) is 0 Å². The van der Waals surface area contributed by atoms with Crippen molar-refractivity contribution in [1.82, 2.24) is 4.90 Å². The first-order valence-electron chi connectivity index (χ1n) is 7.81. The second-order valence-corrected chi connectivity index (χ2v) is 5.44. The number of ether oxygens (including phenoxy) is 3. The Bertz CT molecular complexity index is 833. The minimum Gasteiger partial charge on any atom is -0.464 e. The Morgan fingerprint density at radius 1 is 1.19 bits per heavy atom. The van der Waals surface area contributed by atoms with Gasteiger partial charge in [-0.25, -0.2) is 14.5 Å². The molecule has 26 heavy (non-hydrogen) atoms. The molecule has 8 nitrogen and oxygen atoms in total. The highest BCUT2D eigenvalue weighted by Gasteiger charge is 2.40. The summed E-state index contributed by atoms with van der Waals surface area (Å²) < 4.78 is 14.9. The van der Waals surface area contributed by atoms with Crippen molar-refractivity contribution in [2.45, 2.75) is 19.6 Å². The van der Waals surface area contributed by atoms with Gasteiger partial charge in [0.15, 0.2) is 5.70 Å². The molecule has 2 amide bonds. The molecule has 0 fully saturated rings. The molecule has 1 atom stereocenters. The lowest BCUT2D eigenvalue weighted by Gasteiger charge is -2.16. The van der Waals surface area contributed by atoms with Crippen LogP contribution in [0.3, 0.4) is 0 Å². The number of hydrogen-bond donors (Lipinski definition) is 0. The van der Waals surface area contributed by atoms with E-state index >= 15 is 0 Å². The Balaban J connectivity index is 1.90. The van der Waals surface area contributed by atoms with Crippen LogP contribution in [0.15, 0.2) is 47.9 Å². The number of fused-ring (bicyclic) bond motifs is 1. The molecule has 134 valence electrons. The smallest absolute Gasteiger partial charge is 0.358 e. The van der Waals surface area contributed by atoms with Crippen molar-refractivity contribution < 1.29 is 33.4 Å². The normalized spacial score (nSPS) is 19.2. The number of benzene rings is 1. The predicted octanol–water partition coefficient (Wildman–Crippen LogP) is 1.53. The zero-order valence-corrected chi connectivity index (χ0v) is 14.1. The van der Waals surface area contributed by atoms with Crippen LogP contribution in [-0.2, 0) is 23.8 Å².